The normalized spacial score (nSPS) is 12.1. The molecule has 3 aromatic rings. The molecular formula is C19H17Cl2F3N2. The molecule has 0 bridgehead atoms. The highest BCUT2D eigenvalue weighted by atomic mass is 35.5. The Hall–Kier alpha value is -1.69. The lowest BCUT2D eigenvalue weighted by Crippen LogP contribution is -2.04. The van der Waals surface area contributed by atoms with E-state index in [1.807, 2.05) is 6.07 Å². The van der Waals surface area contributed by atoms with Crippen LogP contribution in [0.5, 0.6) is 0 Å². The van der Waals surface area contributed by atoms with Crippen molar-refractivity contribution >= 4 is 34.1 Å². The predicted molar refractivity (Wildman–Crippen MR) is 101 cm³/mol. The minimum atomic E-state index is -4.36. The van der Waals surface area contributed by atoms with E-state index in [1.165, 1.54) is 12.1 Å². The SMILES string of the molecule is NCCCCc1c(-c2ccc(C(F)(F)F)cc2)[nH]c2c(Cl)c(Cl)ccc12. The molecule has 2 aromatic carbocycles. The van der Waals surface area contributed by atoms with Crippen molar-refractivity contribution in [2.45, 2.75) is 25.4 Å². The summed E-state index contributed by atoms with van der Waals surface area (Å²) in [6, 6.07) is 8.71. The molecule has 0 saturated carbocycles. The number of halogens is 5. The van der Waals surface area contributed by atoms with Crippen LogP contribution in [0.15, 0.2) is 36.4 Å². The van der Waals surface area contributed by atoms with E-state index in [1.54, 1.807) is 6.07 Å². The van der Waals surface area contributed by atoms with Crippen molar-refractivity contribution < 1.29 is 13.2 Å². The molecule has 0 aliphatic heterocycles. The quantitative estimate of drug-likeness (QED) is 0.475. The topological polar surface area (TPSA) is 41.8 Å². The standard InChI is InChI=1S/C19H17Cl2F3N2/c20-15-9-8-14-13(3-1-2-10-25)17(26-18(14)16(15)21)11-4-6-12(7-5-11)19(22,23)24/h4-9,26H,1-3,10,25H2. The van der Waals surface area contributed by atoms with Crippen LogP contribution in [-0.4, -0.2) is 11.5 Å². The predicted octanol–water partition coefficient (Wildman–Crippen LogP) is 6.44. The van der Waals surface area contributed by atoms with Crippen molar-refractivity contribution in [3.05, 3.63) is 57.6 Å². The third-order valence-electron chi connectivity index (χ3n) is 4.35. The van der Waals surface area contributed by atoms with Gasteiger partial charge in [0, 0.05) is 11.1 Å². The van der Waals surface area contributed by atoms with Gasteiger partial charge in [-0.25, -0.2) is 0 Å². The molecule has 0 aliphatic carbocycles. The van der Waals surface area contributed by atoms with Gasteiger partial charge >= 0.3 is 6.18 Å². The first-order chi connectivity index (χ1) is 12.3. The summed E-state index contributed by atoms with van der Waals surface area (Å²) in [6.45, 7) is 0.588. The van der Waals surface area contributed by atoms with Gasteiger partial charge in [0.25, 0.3) is 0 Å². The fraction of sp³-hybridized carbons (Fsp3) is 0.263. The Morgan fingerprint density at radius 1 is 0.962 bits per heavy atom. The summed E-state index contributed by atoms with van der Waals surface area (Å²) in [7, 11) is 0. The fourth-order valence-electron chi connectivity index (χ4n) is 3.04. The number of rotatable bonds is 5. The highest BCUT2D eigenvalue weighted by Gasteiger charge is 2.30. The maximum absolute atomic E-state index is 12.8. The molecule has 0 spiro atoms. The second-order valence-corrected chi connectivity index (χ2v) is 6.87. The van der Waals surface area contributed by atoms with E-state index in [2.05, 4.69) is 4.98 Å². The average molecular weight is 401 g/mol. The molecular weight excluding hydrogens is 384 g/mol. The Labute approximate surface area is 159 Å². The maximum atomic E-state index is 12.8. The van der Waals surface area contributed by atoms with Gasteiger partial charge in [-0.15, -0.1) is 0 Å². The first kappa shape index (κ1) is 19.1. The van der Waals surface area contributed by atoms with Crippen LogP contribution in [0.3, 0.4) is 0 Å². The molecule has 26 heavy (non-hydrogen) atoms. The smallest absolute Gasteiger partial charge is 0.353 e. The number of nitrogens with one attached hydrogen (secondary N) is 1. The highest BCUT2D eigenvalue weighted by molar-refractivity contribution is 6.45. The van der Waals surface area contributed by atoms with E-state index in [0.717, 1.165) is 48.0 Å². The molecule has 3 rings (SSSR count). The summed E-state index contributed by atoms with van der Waals surface area (Å²) in [5, 5.41) is 1.75. The van der Waals surface area contributed by atoms with E-state index in [-0.39, 0.29) is 0 Å². The molecule has 0 amide bonds. The number of hydrogen-bond donors (Lipinski definition) is 2. The van der Waals surface area contributed by atoms with E-state index < -0.39 is 11.7 Å². The number of aryl methyl sites for hydroxylation is 1. The summed E-state index contributed by atoms with van der Waals surface area (Å²) in [4.78, 5) is 3.25. The van der Waals surface area contributed by atoms with Crippen molar-refractivity contribution in [3.8, 4) is 11.3 Å². The lowest BCUT2D eigenvalue weighted by Gasteiger charge is -2.09. The van der Waals surface area contributed by atoms with Gasteiger partial charge in [-0.1, -0.05) is 41.4 Å². The van der Waals surface area contributed by atoms with Crippen molar-refractivity contribution in [2.75, 3.05) is 6.54 Å². The van der Waals surface area contributed by atoms with Crippen LogP contribution in [0.4, 0.5) is 13.2 Å². The molecule has 0 fully saturated rings. The summed E-state index contributed by atoms with van der Waals surface area (Å²) in [5.74, 6) is 0. The maximum Gasteiger partial charge on any atom is 0.416 e. The van der Waals surface area contributed by atoms with Crippen LogP contribution in [0, 0.1) is 0 Å². The number of hydrogen-bond acceptors (Lipinski definition) is 1. The molecule has 138 valence electrons. The molecule has 3 N–H and O–H groups in total. The molecule has 0 unspecified atom stereocenters. The number of unbranched alkanes of at least 4 members (excludes halogenated alkanes) is 1. The van der Waals surface area contributed by atoms with Gasteiger partial charge in [0.05, 0.1) is 21.1 Å². The Morgan fingerprint density at radius 2 is 1.65 bits per heavy atom. The molecule has 2 nitrogen and oxygen atoms in total. The van der Waals surface area contributed by atoms with Crippen LogP contribution in [0.1, 0.15) is 24.0 Å². The van der Waals surface area contributed by atoms with Gasteiger partial charge in [0.2, 0.25) is 0 Å². The van der Waals surface area contributed by atoms with Crippen molar-refractivity contribution in [2.24, 2.45) is 5.73 Å². The van der Waals surface area contributed by atoms with E-state index in [9.17, 15) is 13.2 Å². The van der Waals surface area contributed by atoms with Crippen molar-refractivity contribution in [3.63, 3.8) is 0 Å². The second-order valence-electron chi connectivity index (χ2n) is 6.08. The Balaban J connectivity index is 2.11. The second kappa shape index (κ2) is 7.51. The van der Waals surface area contributed by atoms with Crippen LogP contribution in [0.25, 0.3) is 22.2 Å². The number of H-pyrrole nitrogens is 1. The van der Waals surface area contributed by atoms with E-state index in [0.29, 0.717) is 27.7 Å². The molecule has 0 aliphatic rings. The summed E-state index contributed by atoms with van der Waals surface area (Å²) < 4.78 is 38.5. The monoisotopic (exact) mass is 400 g/mol. The zero-order valence-corrected chi connectivity index (χ0v) is 15.3. The fourth-order valence-corrected chi connectivity index (χ4v) is 3.41. The van der Waals surface area contributed by atoms with E-state index in [4.69, 9.17) is 28.9 Å². The number of benzene rings is 2. The van der Waals surface area contributed by atoms with Crippen LogP contribution in [0.2, 0.25) is 10.0 Å². The zero-order valence-electron chi connectivity index (χ0n) is 13.8. The first-order valence-electron chi connectivity index (χ1n) is 8.19. The van der Waals surface area contributed by atoms with Gasteiger partial charge in [-0.2, -0.15) is 13.2 Å². The van der Waals surface area contributed by atoms with Gasteiger partial charge in [-0.3, -0.25) is 0 Å². The van der Waals surface area contributed by atoms with Gasteiger partial charge in [-0.05, 0) is 55.1 Å². The van der Waals surface area contributed by atoms with Gasteiger partial charge < -0.3 is 10.7 Å². The molecule has 1 aromatic heterocycles. The minimum absolute atomic E-state index is 0.405. The lowest BCUT2D eigenvalue weighted by molar-refractivity contribution is -0.137. The molecule has 0 atom stereocenters. The molecule has 0 saturated heterocycles. The van der Waals surface area contributed by atoms with Gasteiger partial charge in [0.15, 0.2) is 0 Å². The minimum Gasteiger partial charge on any atom is -0.353 e. The molecule has 7 heteroatoms. The summed E-state index contributed by atoms with van der Waals surface area (Å²) in [5.41, 5.74) is 8.03. The lowest BCUT2D eigenvalue weighted by atomic mass is 9.99. The number of fused-ring (bicyclic) bond motifs is 1. The molecule has 1 heterocycles. The third kappa shape index (κ3) is 3.70. The third-order valence-corrected chi connectivity index (χ3v) is 5.16. The van der Waals surface area contributed by atoms with Gasteiger partial charge in [0.1, 0.15) is 0 Å². The zero-order chi connectivity index (χ0) is 18.9. The summed E-state index contributed by atoms with van der Waals surface area (Å²) >= 11 is 12.4. The number of alkyl halides is 3. The van der Waals surface area contributed by atoms with E-state index >= 15 is 0 Å². The number of nitrogens with two attached hydrogens (primary N) is 1. The van der Waals surface area contributed by atoms with Crippen LogP contribution < -0.4 is 5.73 Å². The van der Waals surface area contributed by atoms with Crippen LogP contribution in [-0.2, 0) is 12.6 Å². The van der Waals surface area contributed by atoms with Crippen LogP contribution >= 0.6 is 23.2 Å². The Kier molecular flexibility index (Phi) is 5.51. The first-order valence-corrected chi connectivity index (χ1v) is 8.94. The number of aromatic amines is 1. The summed E-state index contributed by atoms with van der Waals surface area (Å²) in [6.07, 6.45) is -1.89. The Morgan fingerprint density at radius 3 is 2.27 bits per heavy atom. The molecule has 0 radical (unpaired) electrons. The largest absolute Gasteiger partial charge is 0.416 e. The Bertz CT molecular complexity index is 915. The number of aromatic nitrogens is 1. The highest BCUT2D eigenvalue weighted by Crippen LogP contribution is 2.38. The average Bonchev–Trinajstić information content (AvgIpc) is 2.97. The van der Waals surface area contributed by atoms with Crippen molar-refractivity contribution in [1.29, 1.82) is 0 Å². The van der Waals surface area contributed by atoms with Crippen molar-refractivity contribution in [1.82, 2.24) is 4.98 Å².